The quantitative estimate of drug-likeness (QED) is 0.618. The van der Waals surface area contributed by atoms with E-state index >= 15 is 0 Å². The fraction of sp³-hybridized carbons (Fsp3) is 0.571. The van der Waals surface area contributed by atoms with Gasteiger partial charge in [0.2, 0.25) is 0 Å². The van der Waals surface area contributed by atoms with Crippen LogP contribution in [0.15, 0.2) is 0 Å². The molecule has 1 rings (SSSR count). The molecule has 21 heavy (non-hydrogen) atoms. The van der Waals surface area contributed by atoms with Gasteiger partial charge in [0.1, 0.15) is 5.00 Å². The van der Waals surface area contributed by atoms with E-state index in [2.05, 4.69) is 10.6 Å². The second kappa shape index (κ2) is 8.31. The third-order valence-electron chi connectivity index (χ3n) is 2.89. The van der Waals surface area contributed by atoms with E-state index in [1.54, 1.807) is 14.0 Å². The number of hydrogen-bond donors (Lipinski definition) is 2. The van der Waals surface area contributed by atoms with E-state index < -0.39 is 0 Å². The third-order valence-corrected chi connectivity index (χ3v) is 4.23. The number of aryl methyl sites for hydroxylation is 1. The van der Waals surface area contributed by atoms with Crippen LogP contribution in [0, 0.1) is 13.8 Å². The zero-order valence-corrected chi connectivity index (χ0v) is 14.7. The molecule has 0 amide bonds. The Hall–Kier alpha value is -1.18. The second-order valence-corrected chi connectivity index (χ2v) is 6.30. The highest BCUT2D eigenvalue weighted by Gasteiger charge is 2.21. The van der Waals surface area contributed by atoms with E-state index in [0.717, 1.165) is 10.4 Å². The Morgan fingerprint density at radius 1 is 1.43 bits per heavy atom. The van der Waals surface area contributed by atoms with Crippen molar-refractivity contribution in [2.24, 2.45) is 0 Å². The van der Waals surface area contributed by atoms with E-state index in [9.17, 15) is 4.79 Å². The van der Waals surface area contributed by atoms with Gasteiger partial charge in [0.25, 0.3) is 0 Å². The van der Waals surface area contributed by atoms with E-state index in [0.29, 0.717) is 28.9 Å². The van der Waals surface area contributed by atoms with Gasteiger partial charge in [-0.3, -0.25) is 0 Å². The zero-order valence-electron chi connectivity index (χ0n) is 13.0. The fourth-order valence-electron chi connectivity index (χ4n) is 1.82. The number of thiocarbonyl (C=S) groups is 1. The predicted molar refractivity (Wildman–Crippen MR) is 90.4 cm³/mol. The SMILES string of the molecule is CCOC(=O)c1c(NC(=S)N[C@H](C)COC)sc(C)c1C. The van der Waals surface area contributed by atoms with Crippen molar-refractivity contribution in [1.82, 2.24) is 5.32 Å². The molecule has 5 nitrogen and oxygen atoms in total. The lowest BCUT2D eigenvalue weighted by atomic mass is 10.1. The Labute approximate surface area is 135 Å². The first-order valence-electron chi connectivity index (χ1n) is 6.74. The Kier molecular flexibility index (Phi) is 7.07. The summed E-state index contributed by atoms with van der Waals surface area (Å²) in [6.07, 6.45) is 0. The molecule has 1 aromatic rings. The molecule has 0 saturated carbocycles. The minimum atomic E-state index is -0.324. The lowest BCUT2D eigenvalue weighted by Crippen LogP contribution is -2.38. The van der Waals surface area contributed by atoms with Gasteiger partial charge in [-0.2, -0.15) is 0 Å². The maximum absolute atomic E-state index is 12.1. The average Bonchev–Trinajstić information content (AvgIpc) is 2.64. The number of anilines is 1. The van der Waals surface area contributed by atoms with E-state index in [4.69, 9.17) is 21.7 Å². The van der Waals surface area contributed by atoms with Crippen LogP contribution in [0.1, 0.15) is 34.6 Å². The van der Waals surface area contributed by atoms with Gasteiger partial charge >= 0.3 is 5.97 Å². The van der Waals surface area contributed by atoms with Gasteiger partial charge in [0, 0.05) is 18.0 Å². The topological polar surface area (TPSA) is 59.6 Å². The summed E-state index contributed by atoms with van der Waals surface area (Å²) in [6.45, 7) is 8.54. The molecule has 0 aromatic carbocycles. The minimum Gasteiger partial charge on any atom is -0.462 e. The van der Waals surface area contributed by atoms with Gasteiger partial charge in [-0.05, 0) is 45.5 Å². The molecule has 118 valence electrons. The molecule has 2 N–H and O–H groups in total. The highest BCUT2D eigenvalue weighted by molar-refractivity contribution is 7.80. The van der Waals surface area contributed by atoms with Gasteiger partial charge in [0.15, 0.2) is 5.11 Å². The summed E-state index contributed by atoms with van der Waals surface area (Å²) >= 11 is 6.76. The van der Waals surface area contributed by atoms with Crippen molar-refractivity contribution in [2.45, 2.75) is 33.7 Å². The van der Waals surface area contributed by atoms with Crippen molar-refractivity contribution < 1.29 is 14.3 Å². The van der Waals surface area contributed by atoms with Crippen molar-refractivity contribution in [1.29, 1.82) is 0 Å². The number of esters is 1. The molecular weight excluding hydrogens is 308 g/mol. The monoisotopic (exact) mass is 330 g/mol. The van der Waals surface area contributed by atoms with Crippen LogP contribution >= 0.6 is 23.6 Å². The van der Waals surface area contributed by atoms with E-state index in [1.165, 1.54) is 11.3 Å². The lowest BCUT2D eigenvalue weighted by molar-refractivity contribution is 0.0527. The maximum atomic E-state index is 12.1. The van der Waals surface area contributed by atoms with Gasteiger partial charge < -0.3 is 20.1 Å². The maximum Gasteiger partial charge on any atom is 0.341 e. The number of hydrogen-bond acceptors (Lipinski definition) is 5. The number of carbonyl (C=O) groups excluding carboxylic acids is 1. The molecule has 7 heteroatoms. The number of thiophene rings is 1. The predicted octanol–water partition coefficient (Wildman–Crippen LogP) is 2.86. The average molecular weight is 330 g/mol. The molecule has 0 saturated heterocycles. The highest BCUT2D eigenvalue weighted by Crippen LogP contribution is 2.32. The van der Waals surface area contributed by atoms with Crippen LogP contribution in [0.25, 0.3) is 0 Å². The van der Waals surface area contributed by atoms with Gasteiger partial charge in [0.05, 0.1) is 18.8 Å². The summed E-state index contributed by atoms with van der Waals surface area (Å²) in [5.74, 6) is -0.324. The third kappa shape index (κ3) is 4.94. The van der Waals surface area contributed by atoms with Crippen molar-refractivity contribution in [3.8, 4) is 0 Å². The van der Waals surface area contributed by atoms with Crippen LogP contribution in [0.3, 0.4) is 0 Å². The summed E-state index contributed by atoms with van der Waals surface area (Å²) in [5, 5.41) is 7.37. The molecule has 1 aromatic heterocycles. The molecule has 0 fully saturated rings. The largest absolute Gasteiger partial charge is 0.462 e. The number of rotatable bonds is 6. The van der Waals surface area contributed by atoms with Crippen LogP contribution < -0.4 is 10.6 Å². The van der Waals surface area contributed by atoms with Crippen molar-refractivity contribution in [3.05, 3.63) is 16.0 Å². The molecule has 0 spiro atoms. The number of nitrogens with one attached hydrogen (secondary N) is 2. The van der Waals surface area contributed by atoms with Crippen molar-refractivity contribution in [3.63, 3.8) is 0 Å². The van der Waals surface area contributed by atoms with E-state index in [1.807, 2.05) is 20.8 Å². The fourth-order valence-corrected chi connectivity index (χ4v) is 3.24. The first-order chi connectivity index (χ1) is 9.90. The molecule has 0 unspecified atom stereocenters. The summed E-state index contributed by atoms with van der Waals surface area (Å²) in [6, 6.07) is 0.0863. The summed E-state index contributed by atoms with van der Waals surface area (Å²) < 4.78 is 10.2. The molecule has 1 atom stereocenters. The number of ether oxygens (including phenoxy) is 2. The van der Waals surface area contributed by atoms with Crippen LogP contribution in [0.5, 0.6) is 0 Å². The van der Waals surface area contributed by atoms with Gasteiger partial charge in [-0.1, -0.05) is 0 Å². The van der Waals surface area contributed by atoms with Gasteiger partial charge in [-0.25, -0.2) is 4.79 Å². The smallest absolute Gasteiger partial charge is 0.341 e. The molecule has 0 aliphatic rings. The van der Waals surface area contributed by atoms with Gasteiger partial charge in [-0.15, -0.1) is 11.3 Å². The summed E-state index contributed by atoms with van der Waals surface area (Å²) in [5.41, 5.74) is 1.48. The zero-order chi connectivity index (χ0) is 16.0. The second-order valence-electron chi connectivity index (χ2n) is 4.66. The summed E-state index contributed by atoms with van der Waals surface area (Å²) in [7, 11) is 1.64. The molecule has 1 heterocycles. The highest BCUT2D eigenvalue weighted by atomic mass is 32.1. The molecule has 0 aliphatic heterocycles. The Morgan fingerprint density at radius 2 is 2.10 bits per heavy atom. The first kappa shape index (κ1) is 17.9. The molecule has 0 radical (unpaired) electrons. The standard InChI is InChI=1S/C14H22N2O3S2/c1-6-19-13(17)11-9(3)10(4)21-12(11)16-14(20)15-8(2)7-18-5/h8H,6-7H2,1-5H3,(H2,15,16,20)/t8-/m1/s1. The first-order valence-corrected chi connectivity index (χ1v) is 7.96. The Bertz CT molecular complexity index is 515. The lowest BCUT2D eigenvalue weighted by Gasteiger charge is -2.16. The van der Waals surface area contributed by atoms with Crippen molar-refractivity contribution in [2.75, 3.05) is 25.6 Å². The normalized spacial score (nSPS) is 11.9. The van der Waals surface area contributed by atoms with Crippen LogP contribution in [-0.2, 0) is 9.47 Å². The van der Waals surface area contributed by atoms with Crippen LogP contribution in [0.2, 0.25) is 0 Å². The molecule has 0 bridgehead atoms. The molecular formula is C14H22N2O3S2. The minimum absolute atomic E-state index is 0.0863. The number of methoxy groups -OCH3 is 1. The molecule has 0 aliphatic carbocycles. The van der Waals surface area contributed by atoms with Crippen LogP contribution in [0.4, 0.5) is 5.00 Å². The van der Waals surface area contributed by atoms with E-state index in [-0.39, 0.29) is 12.0 Å². The van der Waals surface area contributed by atoms with Crippen LogP contribution in [-0.4, -0.2) is 37.4 Å². The number of carbonyl (C=O) groups is 1. The Balaban J connectivity index is 2.85. The summed E-state index contributed by atoms with van der Waals surface area (Å²) in [4.78, 5) is 13.1. The Morgan fingerprint density at radius 3 is 2.67 bits per heavy atom. The van der Waals surface area contributed by atoms with Crippen molar-refractivity contribution >= 4 is 39.6 Å².